The van der Waals surface area contributed by atoms with Crippen LogP contribution in [-0.4, -0.2) is 22.5 Å². The van der Waals surface area contributed by atoms with E-state index in [1.165, 1.54) is 5.56 Å². The Kier molecular flexibility index (Phi) is 5.25. The Morgan fingerprint density at radius 2 is 2.07 bits per heavy atom. The van der Waals surface area contributed by atoms with Crippen LogP contribution in [0.15, 0.2) is 37.8 Å². The molecule has 0 saturated carbocycles. The van der Waals surface area contributed by atoms with Gasteiger partial charge in [-0.05, 0) is 47.8 Å². The van der Waals surface area contributed by atoms with Crippen molar-refractivity contribution in [3.63, 3.8) is 0 Å². The Hall–Kier alpha value is -0.960. The van der Waals surface area contributed by atoms with Crippen LogP contribution < -0.4 is 4.74 Å². The minimum Gasteiger partial charge on any atom is -0.453 e. The van der Waals surface area contributed by atoms with E-state index < -0.39 is 5.97 Å². The van der Waals surface area contributed by atoms with E-state index in [1.54, 1.807) is 6.20 Å². The summed E-state index contributed by atoms with van der Waals surface area (Å²) in [6, 6.07) is 5.66. The molecule has 1 aromatic carbocycles. The number of pyridine rings is 1. The maximum Gasteiger partial charge on any atom is 0.380 e. The third-order valence-electron chi connectivity index (χ3n) is 5.39. The minimum absolute atomic E-state index is 0.0339. The van der Waals surface area contributed by atoms with Crippen molar-refractivity contribution in [3.05, 3.63) is 56.0 Å². The lowest BCUT2D eigenvalue weighted by Gasteiger charge is -2.31. The van der Waals surface area contributed by atoms with Crippen LogP contribution in [0.2, 0.25) is 0 Å². The fraction of sp³-hybridized carbons (Fsp3) is 0.333. The summed E-state index contributed by atoms with van der Waals surface area (Å²) in [6.45, 7) is 1.98. The molecule has 2 aromatic heterocycles. The number of carbonyl (C=O) groups is 1. The zero-order valence-electron chi connectivity index (χ0n) is 15.6. The van der Waals surface area contributed by atoms with E-state index in [0.717, 1.165) is 52.0 Å². The number of hydrogen-bond donors (Lipinski definition) is 0. The monoisotopic (exact) mass is 553 g/mol. The van der Waals surface area contributed by atoms with Crippen molar-refractivity contribution in [2.24, 2.45) is 0 Å². The molecule has 0 N–H and O–H groups in total. The SMILES string of the molecule is Cc1c(C(=O)Oc2c(Br)cc(Br)c3cccnc23)oc2c1C1(CCC2)SCCS1. The van der Waals surface area contributed by atoms with E-state index in [4.69, 9.17) is 9.15 Å². The van der Waals surface area contributed by atoms with E-state index in [2.05, 4.69) is 36.8 Å². The lowest BCUT2D eigenvalue weighted by molar-refractivity contribution is 0.0699. The highest BCUT2D eigenvalue weighted by Gasteiger charge is 2.45. The third-order valence-corrected chi connectivity index (χ3v) is 10.2. The van der Waals surface area contributed by atoms with Crippen molar-refractivity contribution in [2.75, 3.05) is 11.5 Å². The van der Waals surface area contributed by atoms with Crippen molar-refractivity contribution in [3.8, 4) is 5.75 Å². The smallest absolute Gasteiger partial charge is 0.380 e. The number of hydrogen-bond acceptors (Lipinski definition) is 6. The first-order valence-electron chi connectivity index (χ1n) is 9.36. The van der Waals surface area contributed by atoms with Gasteiger partial charge in [-0.2, -0.15) is 0 Å². The summed E-state index contributed by atoms with van der Waals surface area (Å²) in [5.41, 5.74) is 2.74. The molecule has 3 heterocycles. The van der Waals surface area contributed by atoms with Crippen LogP contribution in [-0.2, 0) is 10.5 Å². The van der Waals surface area contributed by atoms with Gasteiger partial charge >= 0.3 is 5.97 Å². The van der Waals surface area contributed by atoms with Crippen LogP contribution in [0.5, 0.6) is 5.75 Å². The molecule has 1 fully saturated rings. The van der Waals surface area contributed by atoms with Crippen molar-refractivity contribution in [1.82, 2.24) is 4.98 Å². The van der Waals surface area contributed by atoms with Crippen LogP contribution in [0, 0.1) is 6.92 Å². The number of halogens is 2. The zero-order chi connectivity index (χ0) is 20.2. The van der Waals surface area contributed by atoms with Gasteiger partial charge in [-0.15, -0.1) is 23.5 Å². The van der Waals surface area contributed by atoms with Crippen molar-refractivity contribution < 1.29 is 13.9 Å². The number of aromatic nitrogens is 1. The predicted octanol–water partition coefficient (Wildman–Crippen LogP) is 6.85. The summed E-state index contributed by atoms with van der Waals surface area (Å²) < 4.78 is 13.5. The quantitative estimate of drug-likeness (QED) is 0.255. The number of ether oxygens (including phenoxy) is 1. The maximum absolute atomic E-state index is 13.1. The van der Waals surface area contributed by atoms with Crippen LogP contribution >= 0.6 is 55.4 Å². The number of carbonyl (C=O) groups excluding carboxylic acids is 1. The molecule has 0 radical (unpaired) electrons. The summed E-state index contributed by atoms with van der Waals surface area (Å²) in [6.07, 6.45) is 4.77. The second kappa shape index (κ2) is 7.62. The molecule has 4 nitrogen and oxygen atoms in total. The molecule has 1 aliphatic carbocycles. The number of benzene rings is 1. The molecule has 29 heavy (non-hydrogen) atoms. The molecular weight excluding hydrogens is 538 g/mol. The highest BCUT2D eigenvalue weighted by Crippen LogP contribution is 2.59. The molecular formula is C21H17Br2NO3S2. The summed E-state index contributed by atoms with van der Waals surface area (Å²) in [7, 11) is 0. The first-order chi connectivity index (χ1) is 14.0. The van der Waals surface area contributed by atoms with Gasteiger partial charge < -0.3 is 9.15 Å². The molecule has 0 amide bonds. The Morgan fingerprint density at radius 1 is 1.28 bits per heavy atom. The van der Waals surface area contributed by atoms with Gasteiger partial charge in [-0.1, -0.05) is 22.0 Å². The molecule has 150 valence electrons. The fourth-order valence-electron chi connectivity index (χ4n) is 4.18. The van der Waals surface area contributed by atoms with Gasteiger partial charge in [-0.3, -0.25) is 4.98 Å². The Bertz CT molecular complexity index is 1140. The standard InChI is InChI=1S/C21H17Br2NO3S2/c1-11-16-15(5-2-6-21(16)28-8-9-29-21)26-18(11)20(25)27-19-14(23)10-13(22)12-4-3-7-24-17(12)19/h3-4,7,10H,2,5-6,8-9H2,1H3. The lowest BCUT2D eigenvalue weighted by Crippen LogP contribution is -2.21. The lowest BCUT2D eigenvalue weighted by atomic mass is 9.94. The summed E-state index contributed by atoms with van der Waals surface area (Å²) >= 11 is 11.0. The minimum atomic E-state index is -0.477. The second-order valence-corrected chi connectivity index (χ2v) is 11.9. The molecule has 2 aliphatic rings. The van der Waals surface area contributed by atoms with Gasteiger partial charge in [0.15, 0.2) is 5.75 Å². The Labute approximate surface area is 193 Å². The molecule has 0 atom stereocenters. The van der Waals surface area contributed by atoms with E-state index in [9.17, 15) is 4.79 Å². The first kappa shape index (κ1) is 20.0. The van der Waals surface area contributed by atoms with Gasteiger partial charge in [0.2, 0.25) is 5.76 Å². The number of aryl methyl sites for hydroxylation is 1. The number of nitrogens with zero attached hydrogens (tertiary/aromatic N) is 1. The molecule has 1 saturated heterocycles. The number of thioether (sulfide) groups is 2. The number of fused-ring (bicyclic) bond motifs is 3. The van der Waals surface area contributed by atoms with E-state index in [0.29, 0.717) is 21.5 Å². The topological polar surface area (TPSA) is 52.3 Å². The summed E-state index contributed by atoms with van der Waals surface area (Å²) in [5.74, 6) is 3.45. The van der Waals surface area contributed by atoms with Crippen molar-refractivity contribution >= 4 is 72.3 Å². The normalized spacial score (nSPS) is 17.6. The average molecular weight is 555 g/mol. The van der Waals surface area contributed by atoms with Crippen molar-refractivity contribution in [1.29, 1.82) is 0 Å². The molecule has 0 bridgehead atoms. The highest BCUT2D eigenvalue weighted by atomic mass is 79.9. The zero-order valence-corrected chi connectivity index (χ0v) is 20.4. The third kappa shape index (κ3) is 3.27. The largest absolute Gasteiger partial charge is 0.453 e. The first-order valence-corrected chi connectivity index (χ1v) is 12.9. The average Bonchev–Trinajstić information content (AvgIpc) is 3.31. The number of furan rings is 1. The summed E-state index contributed by atoms with van der Waals surface area (Å²) in [4.78, 5) is 17.6. The van der Waals surface area contributed by atoms with Gasteiger partial charge in [0.25, 0.3) is 0 Å². The van der Waals surface area contributed by atoms with Gasteiger partial charge in [-0.25, -0.2) is 4.79 Å². The van der Waals surface area contributed by atoms with Crippen molar-refractivity contribution in [2.45, 2.75) is 30.3 Å². The van der Waals surface area contributed by atoms with Crippen LogP contribution in [0.3, 0.4) is 0 Å². The predicted molar refractivity (Wildman–Crippen MR) is 125 cm³/mol. The van der Waals surface area contributed by atoms with Crippen LogP contribution in [0.25, 0.3) is 10.9 Å². The Morgan fingerprint density at radius 3 is 2.86 bits per heavy atom. The highest BCUT2D eigenvalue weighted by molar-refractivity contribution is 9.11. The molecule has 1 aliphatic heterocycles. The van der Waals surface area contributed by atoms with E-state index >= 15 is 0 Å². The molecule has 8 heteroatoms. The molecule has 1 spiro atoms. The number of esters is 1. The molecule has 5 rings (SSSR count). The second-order valence-electron chi connectivity index (χ2n) is 7.12. The fourth-order valence-corrected chi connectivity index (χ4v) is 9.09. The van der Waals surface area contributed by atoms with Gasteiger partial charge in [0, 0.05) is 45.1 Å². The summed E-state index contributed by atoms with van der Waals surface area (Å²) in [5, 5.41) is 0.881. The maximum atomic E-state index is 13.1. The van der Waals surface area contributed by atoms with E-state index in [1.807, 2.05) is 48.6 Å². The Balaban J connectivity index is 1.55. The van der Waals surface area contributed by atoms with Gasteiger partial charge in [0.05, 0.1) is 8.55 Å². The van der Waals surface area contributed by atoms with Gasteiger partial charge in [0.1, 0.15) is 11.3 Å². The molecule has 3 aromatic rings. The van der Waals surface area contributed by atoms with E-state index in [-0.39, 0.29) is 4.08 Å². The van der Waals surface area contributed by atoms with Crippen LogP contribution in [0.1, 0.15) is 40.3 Å². The molecule has 0 unspecified atom stereocenters. The number of rotatable bonds is 2. The van der Waals surface area contributed by atoms with Crippen LogP contribution in [0.4, 0.5) is 0 Å².